The van der Waals surface area contributed by atoms with Crippen LogP contribution in [-0.2, 0) is 6.54 Å². The lowest BCUT2D eigenvalue weighted by molar-refractivity contribution is 0.0985. The van der Waals surface area contributed by atoms with Gasteiger partial charge in [-0.15, -0.1) is 0 Å². The molecule has 4 rings (SSSR count). The normalized spacial score (nSPS) is 10.9. The van der Waals surface area contributed by atoms with Gasteiger partial charge in [-0.05, 0) is 54.6 Å². The highest BCUT2D eigenvalue weighted by Crippen LogP contribution is 2.31. The second-order valence-corrected chi connectivity index (χ2v) is 7.75. The van der Waals surface area contributed by atoms with Crippen LogP contribution in [0.2, 0.25) is 0 Å². The molecule has 27 heavy (non-hydrogen) atoms. The zero-order valence-corrected chi connectivity index (χ0v) is 16.4. The van der Waals surface area contributed by atoms with Crippen LogP contribution >= 0.6 is 27.3 Å². The van der Waals surface area contributed by atoms with Gasteiger partial charge in [-0.25, -0.2) is 9.37 Å². The Hall–Kier alpha value is -2.64. The third-order valence-corrected chi connectivity index (χ3v) is 5.52. The van der Waals surface area contributed by atoms with Gasteiger partial charge in [0.25, 0.3) is 5.91 Å². The number of aromatic nitrogens is 2. The number of thiazole rings is 1. The fourth-order valence-electron chi connectivity index (χ4n) is 2.63. The second-order valence-electron chi connectivity index (χ2n) is 5.83. The summed E-state index contributed by atoms with van der Waals surface area (Å²) < 4.78 is 15.1. The molecule has 4 aromatic rings. The number of benzene rings is 2. The molecule has 2 aromatic heterocycles. The van der Waals surface area contributed by atoms with Crippen molar-refractivity contribution in [3.8, 4) is 0 Å². The number of rotatable bonds is 4. The lowest BCUT2D eigenvalue weighted by Gasteiger charge is -2.19. The number of carbonyl (C=O) groups excluding carboxylic acids is 1. The molecule has 4 nitrogen and oxygen atoms in total. The quantitative estimate of drug-likeness (QED) is 0.423. The zero-order chi connectivity index (χ0) is 18.8. The SMILES string of the molecule is O=C(c1ccc(Br)cc1)N(Cc1ccccn1)c1nc2ccc(F)cc2s1. The first-order valence-corrected chi connectivity index (χ1v) is 9.74. The van der Waals surface area contributed by atoms with Gasteiger partial charge >= 0.3 is 0 Å². The average molecular weight is 442 g/mol. The van der Waals surface area contributed by atoms with Crippen molar-refractivity contribution < 1.29 is 9.18 Å². The van der Waals surface area contributed by atoms with Crippen LogP contribution in [0.15, 0.2) is 71.3 Å². The van der Waals surface area contributed by atoms with Crippen LogP contribution in [0.3, 0.4) is 0 Å². The number of amides is 1. The van der Waals surface area contributed by atoms with Gasteiger partial charge in [0.2, 0.25) is 0 Å². The molecule has 7 heteroatoms. The maximum Gasteiger partial charge on any atom is 0.260 e. The van der Waals surface area contributed by atoms with Crippen LogP contribution < -0.4 is 4.90 Å². The van der Waals surface area contributed by atoms with Crippen molar-refractivity contribution in [1.29, 1.82) is 0 Å². The lowest BCUT2D eigenvalue weighted by atomic mass is 10.2. The zero-order valence-electron chi connectivity index (χ0n) is 14.0. The first kappa shape index (κ1) is 17.8. The molecule has 2 aromatic carbocycles. The molecule has 134 valence electrons. The van der Waals surface area contributed by atoms with Crippen LogP contribution in [0.4, 0.5) is 9.52 Å². The van der Waals surface area contributed by atoms with Crippen LogP contribution in [0, 0.1) is 5.82 Å². The lowest BCUT2D eigenvalue weighted by Crippen LogP contribution is -2.30. The number of carbonyl (C=O) groups is 1. The molecule has 0 N–H and O–H groups in total. The molecule has 0 aliphatic heterocycles. The average Bonchev–Trinajstić information content (AvgIpc) is 3.10. The number of nitrogens with zero attached hydrogens (tertiary/aromatic N) is 3. The number of anilines is 1. The van der Waals surface area contributed by atoms with Gasteiger partial charge in [0.15, 0.2) is 5.13 Å². The Labute approximate surface area is 167 Å². The Kier molecular flexibility index (Phi) is 4.96. The molecule has 0 aliphatic carbocycles. The van der Waals surface area contributed by atoms with Crippen molar-refractivity contribution in [3.63, 3.8) is 0 Å². The summed E-state index contributed by atoms with van der Waals surface area (Å²) in [5, 5.41) is 0.508. The van der Waals surface area contributed by atoms with Gasteiger partial charge in [-0.3, -0.25) is 14.7 Å². The molecule has 2 heterocycles. The molecule has 0 bridgehead atoms. The Morgan fingerprint density at radius 1 is 1.11 bits per heavy atom. The van der Waals surface area contributed by atoms with Gasteiger partial charge in [-0.2, -0.15) is 0 Å². The van der Waals surface area contributed by atoms with E-state index in [1.807, 2.05) is 30.3 Å². The fourth-order valence-corrected chi connectivity index (χ4v) is 3.88. The number of hydrogen-bond donors (Lipinski definition) is 0. The van der Waals surface area contributed by atoms with E-state index < -0.39 is 0 Å². The summed E-state index contributed by atoms with van der Waals surface area (Å²) in [5.74, 6) is -0.513. The van der Waals surface area contributed by atoms with E-state index in [1.54, 1.807) is 29.3 Å². The second kappa shape index (κ2) is 7.54. The van der Waals surface area contributed by atoms with Crippen molar-refractivity contribution in [2.24, 2.45) is 0 Å². The fraction of sp³-hybridized carbons (Fsp3) is 0.0500. The number of pyridine rings is 1. The molecule has 0 aliphatic rings. The van der Waals surface area contributed by atoms with E-state index in [1.165, 1.54) is 23.5 Å². The summed E-state index contributed by atoms with van der Waals surface area (Å²) in [7, 11) is 0. The van der Waals surface area contributed by atoms with Crippen LogP contribution in [0.25, 0.3) is 10.2 Å². The molecule has 0 saturated carbocycles. The van der Waals surface area contributed by atoms with E-state index >= 15 is 0 Å². The molecule has 1 amide bonds. The van der Waals surface area contributed by atoms with Gasteiger partial charge < -0.3 is 0 Å². The monoisotopic (exact) mass is 441 g/mol. The number of halogens is 2. The van der Waals surface area contributed by atoms with Gasteiger partial charge in [0.1, 0.15) is 5.82 Å². The summed E-state index contributed by atoms with van der Waals surface area (Å²) >= 11 is 4.66. The maximum absolute atomic E-state index is 13.5. The van der Waals surface area contributed by atoms with E-state index in [2.05, 4.69) is 25.9 Å². The minimum absolute atomic E-state index is 0.187. The van der Waals surface area contributed by atoms with Crippen molar-refractivity contribution in [2.75, 3.05) is 4.90 Å². The first-order valence-electron chi connectivity index (χ1n) is 8.13. The van der Waals surface area contributed by atoms with Crippen molar-refractivity contribution >= 4 is 48.5 Å². The minimum atomic E-state index is -0.326. The van der Waals surface area contributed by atoms with Crippen LogP contribution in [0.5, 0.6) is 0 Å². The maximum atomic E-state index is 13.5. The highest BCUT2D eigenvalue weighted by molar-refractivity contribution is 9.10. The van der Waals surface area contributed by atoms with Crippen molar-refractivity contribution in [3.05, 3.63) is 88.4 Å². The Morgan fingerprint density at radius 2 is 1.93 bits per heavy atom. The first-order chi connectivity index (χ1) is 13.1. The predicted octanol–water partition coefficient (Wildman–Crippen LogP) is 5.44. The molecule has 0 fully saturated rings. The molecule has 0 atom stereocenters. The van der Waals surface area contributed by atoms with Gasteiger partial charge in [0.05, 0.1) is 22.5 Å². The Morgan fingerprint density at radius 3 is 2.67 bits per heavy atom. The highest BCUT2D eigenvalue weighted by Gasteiger charge is 2.22. The third-order valence-electron chi connectivity index (χ3n) is 3.95. The Balaban J connectivity index is 1.76. The van der Waals surface area contributed by atoms with Crippen molar-refractivity contribution in [2.45, 2.75) is 6.54 Å². The molecule has 0 radical (unpaired) electrons. The molecule has 0 spiro atoms. The smallest absolute Gasteiger partial charge is 0.260 e. The third kappa shape index (κ3) is 3.89. The molecule has 0 saturated heterocycles. The molecule has 0 unspecified atom stereocenters. The van der Waals surface area contributed by atoms with E-state index in [0.717, 1.165) is 10.2 Å². The van der Waals surface area contributed by atoms with Crippen LogP contribution in [0.1, 0.15) is 16.1 Å². The highest BCUT2D eigenvalue weighted by atomic mass is 79.9. The summed E-state index contributed by atoms with van der Waals surface area (Å²) in [6.07, 6.45) is 1.69. The largest absolute Gasteiger partial charge is 0.278 e. The van der Waals surface area contributed by atoms with E-state index in [-0.39, 0.29) is 18.3 Å². The van der Waals surface area contributed by atoms with Gasteiger partial charge in [0, 0.05) is 16.2 Å². The van der Waals surface area contributed by atoms with E-state index in [4.69, 9.17) is 0 Å². The van der Waals surface area contributed by atoms with Crippen LogP contribution in [-0.4, -0.2) is 15.9 Å². The van der Waals surface area contributed by atoms with E-state index in [9.17, 15) is 9.18 Å². The summed E-state index contributed by atoms with van der Waals surface area (Å²) in [6.45, 7) is 0.276. The van der Waals surface area contributed by atoms with Crippen molar-refractivity contribution in [1.82, 2.24) is 9.97 Å². The Bertz CT molecular complexity index is 1100. The summed E-state index contributed by atoms with van der Waals surface area (Å²) in [4.78, 5) is 23.6. The molecular formula is C20H13BrFN3OS. The number of hydrogen-bond acceptors (Lipinski definition) is 4. The minimum Gasteiger partial charge on any atom is -0.278 e. The molecular weight excluding hydrogens is 429 g/mol. The van der Waals surface area contributed by atoms with Gasteiger partial charge in [-0.1, -0.05) is 33.3 Å². The number of fused-ring (bicyclic) bond motifs is 1. The standard InChI is InChI=1S/C20H13BrFN3OS/c21-14-6-4-13(5-7-14)19(26)25(12-16-3-1-2-10-23-16)20-24-17-9-8-15(22)11-18(17)27-20/h1-11H,12H2. The summed E-state index contributed by atoms with van der Waals surface area (Å²) in [6, 6.07) is 17.1. The predicted molar refractivity (Wildman–Crippen MR) is 108 cm³/mol. The van der Waals surface area contributed by atoms with E-state index in [0.29, 0.717) is 20.9 Å². The topological polar surface area (TPSA) is 46.1 Å². The summed E-state index contributed by atoms with van der Waals surface area (Å²) in [5.41, 5.74) is 1.94.